The van der Waals surface area contributed by atoms with Crippen LogP contribution in [0.5, 0.6) is 11.6 Å². The number of pyridine rings is 1. The Kier molecular flexibility index (Phi) is 4.50. The highest BCUT2D eigenvalue weighted by molar-refractivity contribution is 5.94. The summed E-state index contributed by atoms with van der Waals surface area (Å²) in [6.45, 7) is 1.29. The maximum absolute atomic E-state index is 14.1. The van der Waals surface area contributed by atoms with Gasteiger partial charge in [-0.15, -0.1) is 0 Å². The second kappa shape index (κ2) is 6.73. The Morgan fingerprint density at radius 1 is 1.00 bits per heavy atom. The molecule has 1 amide bonds. The first-order valence-corrected chi connectivity index (χ1v) is 7.53. The van der Waals surface area contributed by atoms with Gasteiger partial charge in [0.1, 0.15) is 11.6 Å². The van der Waals surface area contributed by atoms with Gasteiger partial charge in [-0.2, -0.15) is 9.37 Å². The normalized spacial score (nSPS) is 14.6. The standard InChI is InChI=1S/C17H16F2N2O2/c18-12-4-6-13(7-5-12)23-15-9-8-14(16(19)20-15)17(22)21-10-2-1-3-11-21/h4-9H,1-3,10-11H2. The molecule has 1 aliphatic heterocycles. The minimum atomic E-state index is -0.861. The molecule has 1 aromatic heterocycles. The minimum absolute atomic E-state index is 0.0179. The molecule has 1 fully saturated rings. The molecule has 1 aromatic carbocycles. The van der Waals surface area contributed by atoms with Gasteiger partial charge in [-0.05, 0) is 49.6 Å². The number of piperidine rings is 1. The second-order valence-corrected chi connectivity index (χ2v) is 5.40. The Balaban J connectivity index is 1.74. The predicted molar refractivity (Wildman–Crippen MR) is 80.4 cm³/mol. The van der Waals surface area contributed by atoms with E-state index in [2.05, 4.69) is 4.98 Å². The summed E-state index contributed by atoms with van der Waals surface area (Å²) in [5.74, 6) is -1.24. The van der Waals surface area contributed by atoms with Gasteiger partial charge in [-0.1, -0.05) is 0 Å². The van der Waals surface area contributed by atoms with Crippen LogP contribution in [-0.4, -0.2) is 28.9 Å². The number of hydrogen-bond donors (Lipinski definition) is 0. The lowest BCUT2D eigenvalue weighted by atomic mass is 10.1. The van der Waals surface area contributed by atoms with E-state index in [0.29, 0.717) is 18.8 Å². The highest BCUT2D eigenvalue weighted by atomic mass is 19.1. The van der Waals surface area contributed by atoms with Crippen LogP contribution in [0.3, 0.4) is 0 Å². The van der Waals surface area contributed by atoms with Gasteiger partial charge in [0.25, 0.3) is 5.91 Å². The van der Waals surface area contributed by atoms with Crippen molar-refractivity contribution in [2.24, 2.45) is 0 Å². The van der Waals surface area contributed by atoms with Crippen LogP contribution in [0.4, 0.5) is 8.78 Å². The van der Waals surface area contributed by atoms with E-state index < -0.39 is 5.95 Å². The topological polar surface area (TPSA) is 42.4 Å². The van der Waals surface area contributed by atoms with Crippen molar-refractivity contribution in [3.05, 3.63) is 53.7 Å². The average molecular weight is 318 g/mol. The molecule has 0 bridgehead atoms. The quantitative estimate of drug-likeness (QED) is 0.809. The number of carbonyl (C=O) groups excluding carboxylic acids is 1. The van der Waals surface area contributed by atoms with E-state index in [0.717, 1.165) is 19.3 Å². The Bertz CT molecular complexity index is 698. The molecule has 0 aliphatic carbocycles. The fourth-order valence-electron chi connectivity index (χ4n) is 2.52. The zero-order valence-electron chi connectivity index (χ0n) is 12.5. The SMILES string of the molecule is O=C(c1ccc(Oc2ccc(F)cc2)nc1F)N1CCCCC1. The molecule has 2 aromatic rings. The number of likely N-dealkylation sites (tertiary alicyclic amines) is 1. The number of hydrogen-bond acceptors (Lipinski definition) is 3. The molecule has 0 unspecified atom stereocenters. The minimum Gasteiger partial charge on any atom is -0.439 e. The van der Waals surface area contributed by atoms with E-state index in [4.69, 9.17) is 4.74 Å². The molecule has 0 radical (unpaired) electrons. The maximum Gasteiger partial charge on any atom is 0.258 e. The summed E-state index contributed by atoms with van der Waals surface area (Å²) in [6.07, 6.45) is 2.97. The number of benzene rings is 1. The Morgan fingerprint density at radius 2 is 1.70 bits per heavy atom. The van der Waals surface area contributed by atoms with Crippen molar-refractivity contribution in [1.29, 1.82) is 0 Å². The van der Waals surface area contributed by atoms with Crippen LogP contribution >= 0.6 is 0 Å². The van der Waals surface area contributed by atoms with Crippen LogP contribution < -0.4 is 4.74 Å². The summed E-state index contributed by atoms with van der Waals surface area (Å²) < 4.78 is 32.3. The Labute approximate surface area is 132 Å². The number of aromatic nitrogens is 1. The van der Waals surface area contributed by atoms with Crippen molar-refractivity contribution in [2.75, 3.05) is 13.1 Å². The van der Waals surface area contributed by atoms with E-state index in [1.54, 1.807) is 4.90 Å². The first-order valence-electron chi connectivity index (χ1n) is 7.53. The summed E-state index contributed by atoms with van der Waals surface area (Å²) in [5, 5.41) is 0. The van der Waals surface area contributed by atoms with Crippen molar-refractivity contribution >= 4 is 5.91 Å². The van der Waals surface area contributed by atoms with Gasteiger partial charge in [0, 0.05) is 19.2 Å². The third-order valence-electron chi connectivity index (χ3n) is 3.73. The van der Waals surface area contributed by atoms with Gasteiger partial charge in [0.05, 0.1) is 5.56 Å². The average Bonchev–Trinajstić information content (AvgIpc) is 2.57. The zero-order valence-corrected chi connectivity index (χ0v) is 12.5. The molecule has 1 saturated heterocycles. The van der Waals surface area contributed by atoms with Crippen molar-refractivity contribution in [3.63, 3.8) is 0 Å². The largest absolute Gasteiger partial charge is 0.439 e. The van der Waals surface area contributed by atoms with E-state index >= 15 is 0 Å². The zero-order chi connectivity index (χ0) is 16.2. The van der Waals surface area contributed by atoms with Crippen LogP contribution in [-0.2, 0) is 0 Å². The lowest BCUT2D eigenvalue weighted by Crippen LogP contribution is -2.36. The molecule has 23 heavy (non-hydrogen) atoms. The van der Waals surface area contributed by atoms with Gasteiger partial charge in [-0.3, -0.25) is 4.79 Å². The molecule has 3 rings (SSSR count). The van der Waals surface area contributed by atoms with Crippen LogP contribution in [0.15, 0.2) is 36.4 Å². The van der Waals surface area contributed by atoms with Crippen LogP contribution in [0, 0.1) is 11.8 Å². The predicted octanol–water partition coefficient (Wildman–Crippen LogP) is 3.78. The fourth-order valence-corrected chi connectivity index (χ4v) is 2.52. The van der Waals surface area contributed by atoms with Gasteiger partial charge in [0.15, 0.2) is 0 Å². The number of carbonyl (C=O) groups is 1. The first kappa shape index (κ1) is 15.4. The molecule has 0 atom stereocenters. The Hall–Kier alpha value is -2.50. The number of amides is 1. The van der Waals surface area contributed by atoms with Gasteiger partial charge in [0.2, 0.25) is 11.8 Å². The van der Waals surface area contributed by atoms with Gasteiger partial charge < -0.3 is 9.64 Å². The van der Waals surface area contributed by atoms with Crippen LogP contribution in [0.25, 0.3) is 0 Å². The third kappa shape index (κ3) is 3.64. The lowest BCUT2D eigenvalue weighted by molar-refractivity contribution is 0.0718. The number of nitrogens with zero attached hydrogens (tertiary/aromatic N) is 2. The summed E-state index contributed by atoms with van der Waals surface area (Å²) in [6, 6.07) is 8.12. The van der Waals surface area contributed by atoms with Crippen LogP contribution in [0.1, 0.15) is 29.6 Å². The highest BCUT2D eigenvalue weighted by Crippen LogP contribution is 2.22. The Morgan fingerprint density at radius 3 is 2.35 bits per heavy atom. The molecular weight excluding hydrogens is 302 g/mol. The number of halogens is 2. The van der Waals surface area contributed by atoms with E-state index in [1.807, 2.05) is 0 Å². The van der Waals surface area contributed by atoms with E-state index in [-0.39, 0.29) is 23.2 Å². The third-order valence-corrected chi connectivity index (χ3v) is 3.73. The summed E-state index contributed by atoms with van der Waals surface area (Å²) >= 11 is 0. The lowest BCUT2D eigenvalue weighted by Gasteiger charge is -2.26. The molecule has 1 aliphatic rings. The maximum atomic E-state index is 14.1. The second-order valence-electron chi connectivity index (χ2n) is 5.40. The highest BCUT2D eigenvalue weighted by Gasteiger charge is 2.22. The number of ether oxygens (including phenoxy) is 1. The monoisotopic (exact) mass is 318 g/mol. The molecule has 0 N–H and O–H groups in total. The van der Waals surface area contributed by atoms with Gasteiger partial charge >= 0.3 is 0 Å². The van der Waals surface area contributed by atoms with Crippen LogP contribution in [0.2, 0.25) is 0 Å². The number of rotatable bonds is 3. The first-order chi connectivity index (χ1) is 11.1. The van der Waals surface area contributed by atoms with Crippen molar-refractivity contribution in [1.82, 2.24) is 9.88 Å². The molecular formula is C17H16F2N2O2. The van der Waals surface area contributed by atoms with Crippen molar-refractivity contribution < 1.29 is 18.3 Å². The van der Waals surface area contributed by atoms with Gasteiger partial charge in [-0.25, -0.2) is 4.39 Å². The van der Waals surface area contributed by atoms with E-state index in [1.165, 1.54) is 36.4 Å². The van der Waals surface area contributed by atoms with Crippen molar-refractivity contribution in [2.45, 2.75) is 19.3 Å². The molecule has 120 valence electrons. The molecule has 0 saturated carbocycles. The molecule has 4 nitrogen and oxygen atoms in total. The smallest absolute Gasteiger partial charge is 0.258 e. The van der Waals surface area contributed by atoms with Crippen molar-refractivity contribution in [3.8, 4) is 11.6 Å². The summed E-state index contributed by atoms with van der Waals surface area (Å²) in [7, 11) is 0. The molecule has 2 heterocycles. The molecule has 0 spiro atoms. The summed E-state index contributed by atoms with van der Waals surface area (Å²) in [4.78, 5) is 17.6. The molecule has 6 heteroatoms. The summed E-state index contributed by atoms with van der Waals surface area (Å²) in [5.41, 5.74) is -0.0571. The van der Waals surface area contributed by atoms with E-state index in [9.17, 15) is 13.6 Å². The fraction of sp³-hybridized carbons (Fsp3) is 0.294.